The van der Waals surface area contributed by atoms with Crippen LogP contribution in [-0.4, -0.2) is 22.9 Å². The predicted octanol–water partition coefficient (Wildman–Crippen LogP) is 5.05. The molecule has 0 aliphatic rings. The first-order chi connectivity index (χ1) is 13.8. The molecule has 0 spiro atoms. The Hall–Kier alpha value is -3.29. The third-order valence-corrected chi connectivity index (χ3v) is 4.41. The Morgan fingerprint density at radius 3 is 2.31 bits per heavy atom. The summed E-state index contributed by atoms with van der Waals surface area (Å²) >= 11 is 0. The van der Waals surface area contributed by atoms with Gasteiger partial charge in [-0.05, 0) is 42.0 Å². The molecule has 3 aromatic rings. The van der Waals surface area contributed by atoms with E-state index in [0.29, 0.717) is 5.56 Å². The number of nitrogens with zero attached hydrogens (tertiary/aromatic N) is 2. The van der Waals surface area contributed by atoms with Gasteiger partial charge in [-0.2, -0.15) is 13.2 Å². The largest absolute Gasteiger partial charge is 0.480 e. The van der Waals surface area contributed by atoms with Crippen LogP contribution in [0.1, 0.15) is 39.5 Å². The summed E-state index contributed by atoms with van der Waals surface area (Å²) in [6.45, 7) is 0. The molecule has 3 rings (SSSR count). The summed E-state index contributed by atoms with van der Waals surface area (Å²) in [7, 11) is 1.37. The lowest BCUT2D eigenvalue weighted by atomic mass is 9.88. The fourth-order valence-electron chi connectivity index (χ4n) is 2.99. The zero-order valence-electron chi connectivity index (χ0n) is 15.3. The molecule has 0 saturated heterocycles. The van der Waals surface area contributed by atoms with Gasteiger partial charge in [-0.1, -0.05) is 12.1 Å². The number of hydrogen-bond acceptors (Lipinski definition) is 4. The van der Waals surface area contributed by atoms with E-state index >= 15 is 0 Å². The monoisotopic (exact) mass is 404 g/mol. The molecule has 0 radical (unpaired) electrons. The van der Waals surface area contributed by atoms with Crippen molar-refractivity contribution in [1.29, 1.82) is 0 Å². The molecule has 4 nitrogen and oxygen atoms in total. The minimum Gasteiger partial charge on any atom is -0.480 e. The number of ketones is 1. The summed E-state index contributed by atoms with van der Waals surface area (Å²) in [5.74, 6) is -1.81. The van der Waals surface area contributed by atoms with Crippen LogP contribution in [0.2, 0.25) is 0 Å². The smallest absolute Gasteiger partial charge is 0.416 e. The van der Waals surface area contributed by atoms with Crippen molar-refractivity contribution in [2.45, 2.75) is 18.5 Å². The number of aromatic nitrogens is 2. The van der Waals surface area contributed by atoms with Crippen LogP contribution in [0.15, 0.2) is 60.9 Å². The van der Waals surface area contributed by atoms with Gasteiger partial charge in [-0.15, -0.1) is 0 Å². The Morgan fingerprint density at radius 1 is 1.03 bits per heavy atom. The highest BCUT2D eigenvalue weighted by Gasteiger charge is 2.31. The molecular weight excluding hydrogens is 388 g/mol. The van der Waals surface area contributed by atoms with E-state index in [9.17, 15) is 22.4 Å². The van der Waals surface area contributed by atoms with Gasteiger partial charge < -0.3 is 4.74 Å². The van der Waals surface area contributed by atoms with Gasteiger partial charge >= 0.3 is 6.18 Å². The van der Waals surface area contributed by atoms with Crippen LogP contribution in [0.5, 0.6) is 5.88 Å². The van der Waals surface area contributed by atoms with Crippen LogP contribution in [0.4, 0.5) is 17.6 Å². The first kappa shape index (κ1) is 20.4. The van der Waals surface area contributed by atoms with Crippen LogP contribution in [-0.2, 0) is 6.18 Å². The fraction of sp³-hybridized carbons (Fsp3) is 0.190. The quantitative estimate of drug-likeness (QED) is 0.426. The van der Waals surface area contributed by atoms with Gasteiger partial charge in [-0.25, -0.2) is 9.37 Å². The number of carbonyl (C=O) groups is 1. The molecule has 0 aliphatic carbocycles. The minimum atomic E-state index is -4.50. The van der Waals surface area contributed by atoms with Crippen LogP contribution >= 0.6 is 0 Å². The standard InChI is InChI=1S/C21H16F4N2O2/c1-29-20-15(4-2-11-27-20)18(28)12-16(19-17(22)5-3-10-26-19)13-6-8-14(9-7-13)21(23,24)25/h2-11,16H,12H2,1H3. The maximum Gasteiger partial charge on any atom is 0.416 e. The summed E-state index contributed by atoms with van der Waals surface area (Å²) < 4.78 is 58.1. The van der Waals surface area contributed by atoms with Gasteiger partial charge in [0.05, 0.1) is 23.9 Å². The van der Waals surface area contributed by atoms with Crippen molar-refractivity contribution >= 4 is 5.78 Å². The Labute approximate surface area is 164 Å². The number of rotatable bonds is 6. The summed E-state index contributed by atoms with van der Waals surface area (Å²) in [6.07, 6.45) is -1.89. The van der Waals surface area contributed by atoms with E-state index in [1.54, 1.807) is 6.07 Å². The Kier molecular flexibility index (Phi) is 5.91. The van der Waals surface area contributed by atoms with Crippen LogP contribution in [0.3, 0.4) is 0 Å². The van der Waals surface area contributed by atoms with Crippen molar-refractivity contribution < 1.29 is 27.1 Å². The normalized spacial score (nSPS) is 12.4. The number of Topliss-reactive ketones (excluding diaryl/α,β-unsaturated/α-hetero) is 1. The maximum atomic E-state index is 14.4. The van der Waals surface area contributed by atoms with E-state index in [0.717, 1.165) is 12.1 Å². The Morgan fingerprint density at radius 2 is 1.69 bits per heavy atom. The zero-order valence-corrected chi connectivity index (χ0v) is 15.3. The van der Waals surface area contributed by atoms with E-state index in [-0.39, 0.29) is 23.6 Å². The molecule has 0 bridgehead atoms. The number of pyridine rings is 2. The second kappa shape index (κ2) is 8.38. The molecule has 29 heavy (non-hydrogen) atoms. The molecule has 8 heteroatoms. The highest BCUT2D eigenvalue weighted by molar-refractivity contribution is 5.98. The second-order valence-corrected chi connectivity index (χ2v) is 6.23. The van der Waals surface area contributed by atoms with Crippen molar-refractivity contribution in [3.05, 3.63) is 89.1 Å². The van der Waals surface area contributed by atoms with E-state index in [2.05, 4.69) is 9.97 Å². The van der Waals surface area contributed by atoms with E-state index in [1.807, 2.05) is 0 Å². The molecular formula is C21H16F4N2O2. The number of hydrogen-bond donors (Lipinski definition) is 0. The average molecular weight is 404 g/mol. The molecule has 0 saturated carbocycles. The summed E-state index contributed by atoms with van der Waals surface area (Å²) in [4.78, 5) is 20.9. The van der Waals surface area contributed by atoms with Crippen molar-refractivity contribution in [2.24, 2.45) is 0 Å². The summed E-state index contributed by atoms with van der Waals surface area (Å²) in [5, 5.41) is 0. The average Bonchev–Trinajstić information content (AvgIpc) is 2.72. The number of halogens is 4. The molecule has 1 aromatic carbocycles. The predicted molar refractivity (Wildman–Crippen MR) is 97.2 cm³/mol. The lowest BCUT2D eigenvalue weighted by molar-refractivity contribution is -0.137. The fourth-order valence-corrected chi connectivity index (χ4v) is 2.99. The lowest BCUT2D eigenvalue weighted by Crippen LogP contribution is -2.14. The van der Waals surface area contributed by atoms with Gasteiger partial charge in [0.2, 0.25) is 5.88 Å². The van der Waals surface area contributed by atoms with Crippen molar-refractivity contribution in [1.82, 2.24) is 9.97 Å². The molecule has 0 aliphatic heterocycles. The van der Waals surface area contributed by atoms with Gasteiger partial charge in [0, 0.05) is 24.7 Å². The van der Waals surface area contributed by atoms with Crippen LogP contribution < -0.4 is 4.74 Å². The van der Waals surface area contributed by atoms with E-state index in [4.69, 9.17) is 4.74 Å². The number of alkyl halides is 3. The highest BCUT2D eigenvalue weighted by atomic mass is 19.4. The Balaban J connectivity index is 2.00. The third kappa shape index (κ3) is 4.59. The number of methoxy groups -OCH3 is 1. The highest BCUT2D eigenvalue weighted by Crippen LogP contribution is 2.34. The SMILES string of the molecule is COc1ncccc1C(=O)CC(c1ccc(C(F)(F)F)cc1)c1ncccc1F. The topological polar surface area (TPSA) is 52.1 Å². The van der Waals surface area contributed by atoms with Gasteiger partial charge in [-0.3, -0.25) is 9.78 Å². The number of benzene rings is 1. The van der Waals surface area contributed by atoms with E-state index < -0.39 is 29.3 Å². The van der Waals surface area contributed by atoms with Crippen LogP contribution in [0.25, 0.3) is 0 Å². The second-order valence-electron chi connectivity index (χ2n) is 6.23. The molecule has 0 fully saturated rings. The third-order valence-electron chi connectivity index (χ3n) is 4.41. The Bertz CT molecular complexity index is 1000. The molecule has 150 valence electrons. The van der Waals surface area contributed by atoms with Gasteiger partial charge in [0.1, 0.15) is 5.82 Å². The van der Waals surface area contributed by atoms with Gasteiger partial charge in [0.25, 0.3) is 0 Å². The van der Waals surface area contributed by atoms with Crippen molar-refractivity contribution in [2.75, 3.05) is 7.11 Å². The van der Waals surface area contributed by atoms with Crippen molar-refractivity contribution in [3.63, 3.8) is 0 Å². The van der Waals surface area contributed by atoms with E-state index in [1.165, 1.54) is 49.8 Å². The molecule has 1 unspecified atom stereocenters. The van der Waals surface area contributed by atoms with Gasteiger partial charge in [0.15, 0.2) is 5.78 Å². The number of carbonyl (C=O) groups excluding carboxylic acids is 1. The van der Waals surface area contributed by atoms with Crippen molar-refractivity contribution in [3.8, 4) is 5.88 Å². The summed E-state index contributed by atoms with van der Waals surface area (Å²) in [5.41, 5.74) is -0.319. The molecule has 1 atom stereocenters. The van der Waals surface area contributed by atoms with Crippen LogP contribution in [0, 0.1) is 5.82 Å². The number of ether oxygens (including phenoxy) is 1. The first-order valence-electron chi connectivity index (χ1n) is 8.61. The lowest BCUT2D eigenvalue weighted by Gasteiger charge is -2.18. The molecule has 2 heterocycles. The molecule has 2 aromatic heterocycles. The molecule has 0 N–H and O–H groups in total. The summed E-state index contributed by atoms with van der Waals surface area (Å²) in [6, 6.07) is 9.93. The minimum absolute atomic E-state index is 0.0246. The zero-order chi connectivity index (χ0) is 21.0. The first-order valence-corrected chi connectivity index (χ1v) is 8.61. The molecule has 0 amide bonds. The maximum absolute atomic E-state index is 14.4.